The molecular weight excluding hydrogens is 517 g/mol. The highest BCUT2D eigenvalue weighted by Crippen LogP contribution is 2.63. The number of ether oxygens (including phenoxy) is 1. The molecule has 6 rings (SSSR count). The molecule has 5 nitrogen and oxygen atoms in total. The minimum atomic E-state index is -4.85. The molecule has 0 aromatic rings. The molecule has 2 saturated heterocycles. The van der Waals surface area contributed by atoms with Gasteiger partial charge in [-0.15, -0.1) is 0 Å². The van der Waals surface area contributed by atoms with E-state index >= 15 is 0 Å². The summed E-state index contributed by atoms with van der Waals surface area (Å²) in [4.78, 5) is 13.7. The third-order valence-corrected chi connectivity index (χ3v) is 12.1. The van der Waals surface area contributed by atoms with E-state index in [1.165, 1.54) is 17.6 Å². The van der Waals surface area contributed by atoms with Crippen LogP contribution < -0.4 is 5.32 Å². The summed E-state index contributed by atoms with van der Waals surface area (Å²) in [5.74, 6) is 1.09. The average Bonchev–Trinajstić information content (AvgIpc) is 3.20. The predicted octanol–water partition coefficient (Wildman–Crippen LogP) is 5.64. The summed E-state index contributed by atoms with van der Waals surface area (Å²) >= 11 is 0. The molecule has 6 aliphatic rings. The normalized spacial score (nSPS) is 45.4. The van der Waals surface area contributed by atoms with E-state index in [-0.39, 0.29) is 36.3 Å². The number of aliphatic hydroxyl groups excluding tert-OH is 1. The summed E-state index contributed by atoms with van der Waals surface area (Å²) in [6.45, 7) is 10.5. The van der Waals surface area contributed by atoms with Crippen molar-refractivity contribution in [1.29, 1.82) is 0 Å². The number of rotatable bonds is 3. The monoisotopic (exact) mass is 564 g/mol. The van der Waals surface area contributed by atoms with E-state index in [2.05, 4.69) is 44.0 Å². The van der Waals surface area contributed by atoms with Crippen LogP contribution in [0.4, 0.5) is 13.2 Å². The van der Waals surface area contributed by atoms with Crippen LogP contribution in [0.25, 0.3) is 0 Å². The number of carbonyl (C=O) groups is 1. The van der Waals surface area contributed by atoms with Crippen molar-refractivity contribution in [3.63, 3.8) is 0 Å². The van der Waals surface area contributed by atoms with E-state index in [1.807, 2.05) is 0 Å². The topological polar surface area (TPSA) is 61.8 Å². The largest absolute Gasteiger partial charge is 0.471 e. The van der Waals surface area contributed by atoms with Crippen LogP contribution in [0.2, 0.25) is 0 Å². The minimum Gasteiger partial charge on any atom is -0.393 e. The zero-order valence-electron chi connectivity index (χ0n) is 24.5. The van der Waals surface area contributed by atoms with Crippen LogP contribution >= 0.6 is 0 Å². The average molecular weight is 565 g/mol. The molecule has 0 spiro atoms. The zero-order chi connectivity index (χ0) is 28.6. The molecule has 0 bridgehead atoms. The first-order valence-electron chi connectivity index (χ1n) is 15.7. The number of allylic oxidation sites excluding steroid dienone is 2. The van der Waals surface area contributed by atoms with Crippen molar-refractivity contribution in [1.82, 2.24) is 10.2 Å². The lowest BCUT2D eigenvalue weighted by molar-refractivity contribution is -0.175. The van der Waals surface area contributed by atoms with E-state index in [4.69, 9.17) is 4.74 Å². The third-order valence-electron chi connectivity index (χ3n) is 12.1. The number of hydrogen-bond donors (Lipinski definition) is 2. The van der Waals surface area contributed by atoms with Crippen LogP contribution in [0.15, 0.2) is 22.8 Å². The summed E-state index contributed by atoms with van der Waals surface area (Å²) in [5.41, 5.74) is 4.85. The molecule has 0 aromatic heterocycles. The van der Waals surface area contributed by atoms with Gasteiger partial charge in [-0.05, 0) is 93.3 Å². The van der Waals surface area contributed by atoms with Gasteiger partial charge in [-0.3, -0.25) is 9.69 Å². The maximum absolute atomic E-state index is 12.8. The van der Waals surface area contributed by atoms with Crippen molar-refractivity contribution < 1.29 is 27.8 Å². The highest BCUT2D eigenvalue weighted by atomic mass is 19.4. The molecule has 2 heterocycles. The second-order valence-corrected chi connectivity index (χ2v) is 14.3. The quantitative estimate of drug-likeness (QED) is 0.436. The lowest BCUT2D eigenvalue weighted by atomic mass is 9.56. The number of alkyl halides is 3. The Kier molecular flexibility index (Phi) is 7.47. The van der Waals surface area contributed by atoms with E-state index in [0.717, 1.165) is 51.5 Å². The molecule has 2 saturated carbocycles. The van der Waals surface area contributed by atoms with E-state index < -0.39 is 12.1 Å². The van der Waals surface area contributed by atoms with Gasteiger partial charge in [-0.1, -0.05) is 43.6 Å². The number of aliphatic hydroxyl groups is 1. The van der Waals surface area contributed by atoms with E-state index in [1.54, 1.807) is 5.57 Å². The van der Waals surface area contributed by atoms with Crippen molar-refractivity contribution in [2.24, 2.45) is 40.9 Å². The van der Waals surface area contributed by atoms with Crippen LogP contribution in [0.1, 0.15) is 79.1 Å². The number of halogens is 3. The maximum atomic E-state index is 12.8. The van der Waals surface area contributed by atoms with Crippen LogP contribution in [0, 0.1) is 40.9 Å². The number of hydrogen-bond acceptors (Lipinski definition) is 4. The predicted molar refractivity (Wildman–Crippen MR) is 147 cm³/mol. The van der Waals surface area contributed by atoms with Gasteiger partial charge in [0.15, 0.2) is 0 Å². The van der Waals surface area contributed by atoms with Crippen LogP contribution in [0.3, 0.4) is 0 Å². The van der Waals surface area contributed by atoms with E-state index in [0.29, 0.717) is 42.1 Å². The molecule has 8 heteroatoms. The van der Waals surface area contributed by atoms with Gasteiger partial charge >= 0.3 is 12.1 Å². The van der Waals surface area contributed by atoms with Gasteiger partial charge in [0.1, 0.15) is 0 Å². The fourth-order valence-electron chi connectivity index (χ4n) is 10.3. The Labute approximate surface area is 237 Å². The fourth-order valence-corrected chi connectivity index (χ4v) is 10.3. The maximum Gasteiger partial charge on any atom is 0.471 e. The standard InChI is InChI=1S/C32H47F3N2O3/c1-17-13-27-29(37(16-17)12-11-36-30(39)32(33,34)35)19(3)28-18(2)24-15-25-23(22(24)7-8-26(28)40-27)6-5-20-14-21(38)9-10-31(20,25)4/h5,17,19,21-23,25-29,38H,6-16H2,1-4H3,(H,36,39)/t17-,19-,21-,22-,23-,25-,26-,27+,28?,29-,31-/m0/s1. The number of fused-ring (bicyclic) bond motifs is 7. The molecule has 11 atom stereocenters. The van der Waals surface area contributed by atoms with Crippen molar-refractivity contribution in [3.05, 3.63) is 22.8 Å². The number of nitrogens with zero attached hydrogens (tertiary/aromatic N) is 1. The number of likely N-dealkylation sites (tertiary alicyclic amines) is 1. The number of nitrogens with one attached hydrogen (secondary N) is 1. The van der Waals surface area contributed by atoms with Crippen LogP contribution in [0.5, 0.6) is 0 Å². The second kappa shape index (κ2) is 10.4. The molecule has 2 aliphatic heterocycles. The lowest BCUT2D eigenvalue weighted by Gasteiger charge is -2.54. The Bertz CT molecular complexity index is 1070. The first-order chi connectivity index (χ1) is 18.9. The number of piperidine rings is 1. The van der Waals surface area contributed by atoms with Gasteiger partial charge in [0.25, 0.3) is 0 Å². The van der Waals surface area contributed by atoms with Gasteiger partial charge < -0.3 is 15.2 Å². The molecule has 4 fully saturated rings. The fraction of sp³-hybridized carbons (Fsp3) is 0.844. The van der Waals surface area contributed by atoms with Gasteiger partial charge in [-0.25, -0.2) is 0 Å². The summed E-state index contributed by atoms with van der Waals surface area (Å²) in [6.07, 6.45) is 6.00. The first-order valence-corrected chi connectivity index (χ1v) is 15.7. The highest BCUT2D eigenvalue weighted by molar-refractivity contribution is 5.81. The van der Waals surface area contributed by atoms with Crippen LogP contribution in [-0.2, 0) is 9.53 Å². The van der Waals surface area contributed by atoms with Gasteiger partial charge in [-0.2, -0.15) is 13.2 Å². The van der Waals surface area contributed by atoms with Gasteiger partial charge in [0.2, 0.25) is 0 Å². The molecule has 0 radical (unpaired) electrons. The molecule has 224 valence electrons. The summed E-state index contributed by atoms with van der Waals surface area (Å²) in [7, 11) is 0. The molecule has 1 unspecified atom stereocenters. The summed E-state index contributed by atoms with van der Waals surface area (Å²) in [6, 6.07) is 0.140. The SMILES string of the molecule is CC1=C2C[C@H]3[C@@H](CC=C4C[C@@H](O)CC[C@@]43C)[C@@H]2CC[C@@H]2O[C@@H]3C[C@H](C)CN(CCNC(=O)C(F)(F)F)[C@H]3[C@@H](C)C12. The smallest absolute Gasteiger partial charge is 0.393 e. The van der Waals surface area contributed by atoms with Gasteiger partial charge in [0.05, 0.1) is 18.3 Å². The Morgan fingerprint density at radius 1 is 1.20 bits per heavy atom. The van der Waals surface area contributed by atoms with Gasteiger partial charge in [0, 0.05) is 31.6 Å². The summed E-state index contributed by atoms with van der Waals surface area (Å²) in [5, 5.41) is 12.4. The van der Waals surface area contributed by atoms with Crippen molar-refractivity contribution in [2.75, 3.05) is 19.6 Å². The Hall–Kier alpha value is -1.38. The first kappa shape index (κ1) is 28.7. The molecule has 2 N–H and O–H groups in total. The third kappa shape index (κ3) is 4.78. The number of amides is 1. The van der Waals surface area contributed by atoms with Crippen molar-refractivity contribution >= 4 is 5.91 Å². The lowest BCUT2D eigenvalue weighted by Crippen LogP contribution is -2.62. The van der Waals surface area contributed by atoms with E-state index in [9.17, 15) is 23.1 Å². The number of carbonyl (C=O) groups excluding carboxylic acids is 1. The molecular formula is C32H47F3N2O3. The highest BCUT2D eigenvalue weighted by Gasteiger charge is 2.56. The minimum absolute atomic E-state index is 0.0107. The second-order valence-electron chi connectivity index (χ2n) is 14.3. The summed E-state index contributed by atoms with van der Waals surface area (Å²) < 4.78 is 45.2. The molecule has 4 aliphatic carbocycles. The Morgan fingerprint density at radius 2 is 1.98 bits per heavy atom. The molecule has 1 amide bonds. The Balaban J connectivity index is 1.23. The Morgan fingerprint density at radius 3 is 2.73 bits per heavy atom. The van der Waals surface area contributed by atoms with Crippen molar-refractivity contribution in [3.8, 4) is 0 Å². The van der Waals surface area contributed by atoms with Crippen LogP contribution in [-0.4, -0.2) is 66.1 Å². The van der Waals surface area contributed by atoms with Crippen molar-refractivity contribution in [2.45, 2.75) is 110 Å². The zero-order valence-corrected chi connectivity index (χ0v) is 24.5. The molecule has 40 heavy (non-hydrogen) atoms. The molecule has 0 aromatic carbocycles.